The lowest BCUT2D eigenvalue weighted by Gasteiger charge is -2.20. The number of hydrogen-bond acceptors (Lipinski definition) is 5. The zero-order chi connectivity index (χ0) is 22.9. The first-order valence-electron chi connectivity index (χ1n) is 9.96. The molecule has 0 spiro atoms. The van der Waals surface area contributed by atoms with E-state index in [0.29, 0.717) is 0 Å². The molecule has 2 rings (SSSR count). The summed E-state index contributed by atoms with van der Waals surface area (Å²) in [7, 11) is -2.36. The van der Waals surface area contributed by atoms with Crippen molar-refractivity contribution in [2.45, 2.75) is 37.1 Å². The maximum absolute atomic E-state index is 13.0. The van der Waals surface area contributed by atoms with Crippen LogP contribution in [0.1, 0.15) is 37.8 Å². The van der Waals surface area contributed by atoms with E-state index < -0.39 is 27.9 Å². The number of amides is 1. The predicted molar refractivity (Wildman–Crippen MR) is 114 cm³/mol. The van der Waals surface area contributed by atoms with Gasteiger partial charge in [-0.25, -0.2) is 17.1 Å². The number of carbonyl (C=O) groups excluding carboxylic acids is 2. The van der Waals surface area contributed by atoms with E-state index in [9.17, 15) is 22.4 Å². The number of nitrogens with one attached hydrogen (secondary N) is 1. The molecule has 0 aliphatic carbocycles. The first kappa shape index (κ1) is 24.5. The summed E-state index contributed by atoms with van der Waals surface area (Å²) in [6.07, 6.45) is 0.363. The van der Waals surface area contributed by atoms with Gasteiger partial charge >= 0.3 is 5.97 Å². The van der Waals surface area contributed by atoms with Gasteiger partial charge in [0.15, 0.2) is 0 Å². The smallest absolute Gasteiger partial charge is 0.308 e. The van der Waals surface area contributed by atoms with Crippen molar-refractivity contribution < 1.29 is 27.1 Å². The van der Waals surface area contributed by atoms with Gasteiger partial charge in [0.25, 0.3) is 0 Å². The van der Waals surface area contributed by atoms with Crippen molar-refractivity contribution in [2.24, 2.45) is 0 Å². The van der Waals surface area contributed by atoms with Crippen LogP contribution in [0.2, 0.25) is 0 Å². The third-order valence-corrected chi connectivity index (χ3v) is 6.48. The van der Waals surface area contributed by atoms with E-state index in [1.54, 1.807) is 6.92 Å². The largest absolute Gasteiger partial charge is 0.466 e. The number of sulfonamides is 1. The second-order valence-electron chi connectivity index (χ2n) is 6.92. The Morgan fingerprint density at radius 1 is 1.10 bits per heavy atom. The lowest BCUT2D eigenvalue weighted by Crippen LogP contribution is -2.32. The van der Waals surface area contributed by atoms with Crippen LogP contribution in [0.25, 0.3) is 0 Å². The van der Waals surface area contributed by atoms with Crippen LogP contribution in [0.3, 0.4) is 0 Å². The standard InChI is InChI=1S/C22H27FN2O5S/c1-3-30-22(27)16-20(17-8-5-4-6-9-17)24-21(26)10-7-15-25(2)31(28,29)19-13-11-18(23)12-14-19/h4-6,8-9,11-14,20H,3,7,10,15-16H2,1-2H3,(H,24,26). The summed E-state index contributed by atoms with van der Waals surface area (Å²) >= 11 is 0. The molecule has 1 amide bonds. The molecule has 1 unspecified atom stereocenters. The van der Waals surface area contributed by atoms with Crippen molar-refractivity contribution in [1.29, 1.82) is 0 Å². The Labute approximate surface area is 182 Å². The molecule has 0 aliphatic heterocycles. The van der Waals surface area contributed by atoms with Crippen molar-refractivity contribution in [2.75, 3.05) is 20.2 Å². The number of ether oxygens (including phenoxy) is 1. The maximum Gasteiger partial charge on any atom is 0.308 e. The average molecular weight is 451 g/mol. The Balaban J connectivity index is 1.92. The molecule has 0 heterocycles. The quantitative estimate of drug-likeness (QED) is 0.531. The van der Waals surface area contributed by atoms with Gasteiger partial charge in [0.05, 0.1) is 24.0 Å². The minimum absolute atomic E-state index is 0.00242. The molecule has 0 aromatic heterocycles. The van der Waals surface area contributed by atoms with Crippen molar-refractivity contribution >= 4 is 21.9 Å². The highest BCUT2D eigenvalue weighted by Crippen LogP contribution is 2.18. The highest BCUT2D eigenvalue weighted by Gasteiger charge is 2.22. The number of esters is 1. The molecule has 2 aromatic carbocycles. The summed E-state index contributed by atoms with van der Waals surface area (Å²) in [6.45, 7) is 2.08. The molecule has 9 heteroatoms. The van der Waals surface area contributed by atoms with E-state index in [2.05, 4.69) is 5.32 Å². The average Bonchev–Trinajstić information content (AvgIpc) is 2.74. The Bertz CT molecular complexity index is 965. The van der Waals surface area contributed by atoms with Gasteiger partial charge in [-0.3, -0.25) is 9.59 Å². The van der Waals surface area contributed by atoms with Gasteiger partial charge in [0, 0.05) is 20.0 Å². The molecule has 0 saturated heterocycles. The van der Waals surface area contributed by atoms with Crippen LogP contribution in [-0.2, 0) is 24.3 Å². The van der Waals surface area contributed by atoms with Gasteiger partial charge in [-0.2, -0.15) is 0 Å². The van der Waals surface area contributed by atoms with Crippen molar-refractivity contribution in [1.82, 2.24) is 9.62 Å². The summed E-state index contributed by atoms with van der Waals surface area (Å²) in [5.74, 6) is -1.23. The van der Waals surface area contributed by atoms with Gasteiger partial charge in [-0.15, -0.1) is 0 Å². The van der Waals surface area contributed by atoms with Crippen molar-refractivity contribution in [3.8, 4) is 0 Å². The van der Waals surface area contributed by atoms with Crippen LogP contribution in [0.4, 0.5) is 4.39 Å². The molecule has 0 bridgehead atoms. The molecule has 31 heavy (non-hydrogen) atoms. The fourth-order valence-electron chi connectivity index (χ4n) is 2.96. The van der Waals surface area contributed by atoms with Crippen LogP contribution in [0.15, 0.2) is 59.5 Å². The summed E-state index contributed by atoms with van der Waals surface area (Å²) in [5, 5.41) is 2.82. The van der Waals surface area contributed by atoms with Crippen LogP contribution in [0.5, 0.6) is 0 Å². The van der Waals surface area contributed by atoms with Crippen LogP contribution >= 0.6 is 0 Å². The van der Waals surface area contributed by atoms with E-state index in [1.165, 1.54) is 19.2 Å². The molecular formula is C22H27FN2O5S. The minimum Gasteiger partial charge on any atom is -0.466 e. The van der Waals surface area contributed by atoms with Crippen LogP contribution in [0, 0.1) is 5.82 Å². The molecule has 1 N–H and O–H groups in total. The Hall–Kier alpha value is -2.78. The van der Waals surface area contributed by atoms with Gasteiger partial charge in [0.2, 0.25) is 15.9 Å². The molecule has 7 nitrogen and oxygen atoms in total. The minimum atomic E-state index is -3.77. The number of rotatable bonds is 11. The predicted octanol–water partition coefficient (Wildman–Crippen LogP) is 3.04. The summed E-state index contributed by atoms with van der Waals surface area (Å²) in [4.78, 5) is 24.3. The Morgan fingerprint density at radius 2 is 1.74 bits per heavy atom. The van der Waals surface area contributed by atoms with E-state index >= 15 is 0 Å². The molecule has 1 atom stereocenters. The van der Waals surface area contributed by atoms with E-state index in [-0.39, 0.29) is 43.2 Å². The maximum atomic E-state index is 13.0. The zero-order valence-corrected chi connectivity index (χ0v) is 18.4. The number of benzene rings is 2. The lowest BCUT2D eigenvalue weighted by atomic mass is 10.0. The van der Waals surface area contributed by atoms with E-state index in [4.69, 9.17) is 4.74 Å². The topological polar surface area (TPSA) is 92.8 Å². The fraction of sp³-hybridized carbons (Fsp3) is 0.364. The second kappa shape index (κ2) is 11.6. The Morgan fingerprint density at radius 3 is 2.35 bits per heavy atom. The third kappa shape index (κ3) is 7.45. The van der Waals surface area contributed by atoms with Gasteiger partial charge < -0.3 is 10.1 Å². The molecule has 0 fully saturated rings. The number of carbonyl (C=O) groups is 2. The van der Waals surface area contributed by atoms with Gasteiger partial charge in [0.1, 0.15) is 5.82 Å². The zero-order valence-electron chi connectivity index (χ0n) is 17.6. The molecule has 0 aliphatic rings. The first-order valence-corrected chi connectivity index (χ1v) is 11.4. The Kier molecular flexibility index (Phi) is 9.14. The summed E-state index contributed by atoms with van der Waals surface area (Å²) < 4.78 is 44.2. The number of nitrogens with zero attached hydrogens (tertiary/aromatic N) is 1. The fourth-order valence-corrected chi connectivity index (χ4v) is 4.17. The lowest BCUT2D eigenvalue weighted by molar-refractivity contribution is -0.143. The van der Waals surface area contributed by atoms with Crippen LogP contribution in [-0.4, -0.2) is 44.8 Å². The van der Waals surface area contributed by atoms with Crippen LogP contribution < -0.4 is 5.32 Å². The third-order valence-electron chi connectivity index (χ3n) is 4.61. The normalized spacial score (nSPS) is 12.4. The number of halogens is 1. The molecule has 0 saturated carbocycles. The van der Waals surface area contributed by atoms with Gasteiger partial charge in [-0.05, 0) is 43.2 Å². The monoisotopic (exact) mass is 450 g/mol. The number of hydrogen-bond donors (Lipinski definition) is 1. The van der Waals surface area contributed by atoms with E-state index in [1.807, 2.05) is 30.3 Å². The summed E-state index contributed by atoms with van der Waals surface area (Å²) in [5.41, 5.74) is 0.778. The van der Waals surface area contributed by atoms with E-state index in [0.717, 1.165) is 22.0 Å². The first-order chi connectivity index (χ1) is 14.7. The molecule has 0 radical (unpaired) electrons. The second-order valence-corrected chi connectivity index (χ2v) is 8.97. The summed E-state index contributed by atoms with van der Waals surface area (Å²) in [6, 6.07) is 13.1. The van der Waals surface area contributed by atoms with Gasteiger partial charge in [-0.1, -0.05) is 30.3 Å². The highest BCUT2D eigenvalue weighted by molar-refractivity contribution is 7.89. The molecular weight excluding hydrogens is 423 g/mol. The SMILES string of the molecule is CCOC(=O)CC(NC(=O)CCCN(C)S(=O)(=O)c1ccc(F)cc1)c1ccccc1. The van der Waals surface area contributed by atoms with Crippen molar-refractivity contribution in [3.05, 3.63) is 66.0 Å². The molecule has 2 aromatic rings. The molecule has 168 valence electrons. The van der Waals surface area contributed by atoms with Crippen molar-refractivity contribution in [3.63, 3.8) is 0 Å². The highest BCUT2D eigenvalue weighted by atomic mass is 32.2.